The van der Waals surface area contributed by atoms with Gasteiger partial charge < -0.3 is 9.80 Å². The highest BCUT2D eigenvalue weighted by atomic mass is 32.2. The van der Waals surface area contributed by atoms with Crippen LogP contribution in [0.1, 0.15) is 29.8 Å². The van der Waals surface area contributed by atoms with Crippen LogP contribution < -0.4 is 0 Å². The number of carbonyl (C=O) groups is 2. The predicted octanol–water partition coefficient (Wildman–Crippen LogP) is 1.94. The summed E-state index contributed by atoms with van der Waals surface area (Å²) < 4.78 is 0. The molecule has 1 aliphatic rings. The lowest BCUT2D eigenvalue weighted by molar-refractivity contribution is -0.134. The first kappa shape index (κ1) is 16.4. The van der Waals surface area contributed by atoms with E-state index in [4.69, 9.17) is 5.26 Å². The van der Waals surface area contributed by atoms with E-state index in [0.29, 0.717) is 35.8 Å². The molecule has 1 saturated heterocycles. The summed E-state index contributed by atoms with van der Waals surface area (Å²) in [6.07, 6.45) is 0. The second-order valence-electron chi connectivity index (χ2n) is 4.99. The van der Waals surface area contributed by atoms with Crippen molar-refractivity contribution in [3.05, 3.63) is 35.4 Å². The number of rotatable bonds is 4. The van der Waals surface area contributed by atoms with Gasteiger partial charge in [0.05, 0.1) is 17.5 Å². The third-order valence-electron chi connectivity index (χ3n) is 3.74. The zero-order chi connectivity index (χ0) is 16.1. The van der Waals surface area contributed by atoms with Crippen LogP contribution in [-0.4, -0.2) is 52.4 Å². The highest BCUT2D eigenvalue weighted by molar-refractivity contribution is 7.99. The van der Waals surface area contributed by atoms with Crippen molar-refractivity contribution < 1.29 is 9.59 Å². The Hall–Kier alpha value is -2.00. The molecule has 0 bridgehead atoms. The Morgan fingerprint density at radius 1 is 1.41 bits per heavy atom. The maximum absolute atomic E-state index is 12.7. The monoisotopic (exact) mass is 317 g/mol. The first-order valence-corrected chi connectivity index (χ1v) is 8.45. The van der Waals surface area contributed by atoms with Crippen molar-refractivity contribution in [2.75, 3.05) is 24.7 Å². The van der Waals surface area contributed by atoms with E-state index in [2.05, 4.69) is 0 Å². The first-order valence-electron chi connectivity index (χ1n) is 7.30. The zero-order valence-corrected chi connectivity index (χ0v) is 13.6. The van der Waals surface area contributed by atoms with Crippen LogP contribution in [-0.2, 0) is 4.79 Å². The molecule has 1 aromatic rings. The van der Waals surface area contributed by atoms with Gasteiger partial charge in [0.25, 0.3) is 5.91 Å². The molecule has 1 heterocycles. The topological polar surface area (TPSA) is 64.4 Å². The number of hydrogen-bond donors (Lipinski definition) is 0. The second-order valence-corrected chi connectivity index (χ2v) is 5.99. The standard InChI is InChI=1S/C16H19N3O2S/c1-3-18(4-2)16(21)14-10-22-11-19(14)15(20)13-7-5-6-12(8-13)9-17/h5-8,14H,3-4,10-11H2,1-2H3/t14-/m0/s1. The largest absolute Gasteiger partial charge is 0.341 e. The minimum atomic E-state index is -0.414. The van der Waals surface area contributed by atoms with Crippen molar-refractivity contribution in [3.63, 3.8) is 0 Å². The van der Waals surface area contributed by atoms with Crippen LogP contribution in [0.4, 0.5) is 0 Å². The summed E-state index contributed by atoms with van der Waals surface area (Å²) in [6.45, 7) is 5.16. The Balaban J connectivity index is 2.21. The van der Waals surface area contributed by atoms with E-state index in [1.807, 2.05) is 19.9 Å². The van der Waals surface area contributed by atoms with Gasteiger partial charge in [0.1, 0.15) is 6.04 Å². The molecule has 1 fully saturated rings. The summed E-state index contributed by atoms with van der Waals surface area (Å²) in [7, 11) is 0. The van der Waals surface area contributed by atoms with Gasteiger partial charge in [0.2, 0.25) is 5.91 Å². The molecule has 6 heteroatoms. The number of nitrogens with zero attached hydrogens (tertiary/aromatic N) is 3. The maximum atomic E-state index is 12.7. The molecule has 1 aromatic carbocycles. The summed E-state index contributed by atoms with van der Waals surface area (Å²) in [5, 5.41) is 8.95. The van der Waals surface area contributed by atoms with Gasteiger partial charge in [-0.05, 0) is 32.0 Å². The molecule has 5 nitrogen and oxygen atoms in total. The van der Waals surface area contributed by atoms with Crippen LogP contribution in [0, 0.1) is 11.3 Å². The number of hydrogen-bond acceptors (Lipinski definition) is 4. The van der Waals surface area contributed by atoms with E-state index in [0.717, 1.165) is 0 Å². The van der Waals surface area contributed by atoms with Gasteiger partial charge in [-0.15, -0.1) is 11.8 Å². The lowest BCUT2D eigenvalue weighted by Gasteiger charge is -2.28. The zero-order valence-electron chi connectivity index (χ0n) is 12.8. The summed E-state index contributed by atoms with van der Waals surface area (Å²) in [6, 6.07) is 8.23. The van der Waals surface area contributed by atoms with Crippen molar-refractivity contribution in [3.8, 4) is 6.07 Å². The van der Waals surface area contributed by atoms with Gasteiger partial charge in [-0.3, -0.25) is 9.59 Å². The van der Waals surface area contributed by atoms with Gasteiger partial charge in [-0.2, -0.15) is 5.26 Å². The van der Waals surface area contributed by atoms with Crippen LogP contribution >= 0.6 is 11.8 Å². The van der Waals surface area contributed by atoms with E-state index in [-0.39, 0.29) is 11.8 Å². The van der Waals surface area contributed by atoms with Gasteiger partial charge >= 0.3 is 0 Å². The van der Waals surface area contributed by atoms with Crippen molar-refractivity contribution in [1.82, 2.24) is 9.80 Å². The van der Waals surface area contributed by atoms with Crippen molar-refractivity contribution in [2.24, 2.45) is 0 Å². The molecule has 2 rings (SSSR count). The third kappa shape index (κ3) is 3.25. The van der Waals surface area contributed by atoms with Crippen LogP contribution in [0.5, 0.6) is 0 Å². The molecule has 0 aliphatic carbocycles. The Kier molecular flexibility index (Phi) is 5.45. The molecule has 1 aliphatic heterocycles. The summed E-state index contributed by atoms with van der Waals surface area (Å²) in [4.78, 5) is 28.6. The summed E-state index contributed by atoms with van der Waals surface area (Å²) in [5.74, 6) is 0.944. The SMILES string of the molecule is CCN(CC)C(=O)[C@@H]1CSCN1C(=O)c1cccc(C#N)c1. The number of thioether (sulfide) groups is 1. The summed E-state index contributed by atoms with van der Waals surface area (Å²) >= 11 is 1.58. The van der Waals surface area contributed by atoms with Gasteiger partial charge in [0.15, 0.2) is 0 Å². The number of nitriles is 1. The number of amides is 2. The van der Waals surface area contributed by atoms with Gasteiger partial charge in [0, 0.05) is 24.4 Å². The normalized spacial score (nSPS) is 17.1. The lowest BCUT2D eigenvalue weighted by atomic mass is 10.1. The van der Waals surface area contributed by atoms with Crippen molar-refractivity contribution in [2.45, 2.75) is 19.9 Å². The van der Waals surface area contributed by atoms with Crippen LogP contribution in [0.25, 0.3) is 0 Å². The summed E-state index contributed by atoms with van der Waals surface area (Å²) in [5.41, 5.74) is 0.906. The fourth-order valence-electron chi connectivity index (χ4n) is 2.48. The molecule has 0 N–H and O–H groups in total. The van der Waals surface area contributed by atoms with Crippen molar-refractivity contribution >= 4 is 23.6 Å². The molecule has 22 heavy (non-hydrogen) atoms. The number of benzene rings is 1. The molecule has 2 amide bonds. The molecule has 0 saturated carbocycles. The Morgan fingerprint density at radius 2 is 2.14 bits per heavy atom. The third-order valence-corrected chi connectivity index (χ3v) is 4.75. The highest BCUT2D eigenvalue weighted by Crippen LogP contribution is 2.25. The fraction of sp³-hybridized carbons (Fsp3) is 0.438. The molecular formula is C16H19N3O2S. The maximum Gasteiger partial charge on any atom is 0.255 e. The van der Waals surface area contributed by atoms with E-state index >= 15 is 0 Å². The smallest absolute Gasteiger partial charge is 0.255 e. The molecule has 0 aromatic heterocycles. The van der Waals surface area contributed by atoms with E-state index in [1.165, 1.54) is 0 Å². The van der Waals surface area contributed by atoms with Gasteiger partial charge in [-0.25, -0.2) is 0 Å². The Bertz CT molecular complexity index is 608. The molecule has 0 radical (unpaired) electrons. The predicted molar refractivity (Wildman–Crippen MR) is 86.4 cm³/mol. The van der Waals surface area contributed by atoms with Gasteiger partial charge in [-0.1, -0.05) is 6.07 Å². The quantitative estimate of drug-likeness (QED) is 0.851. The average Bonchev–Trinajstić information content (AvgIpc) is 3.04. The van der Waals surface area contributed by atoms with Crippen molar-refractivity contribution in [1.29, 1.82) is 5.26 Å². The second kappa shape index (κ2) is 7.32. The molecule has 0 unspecified atom stereocenters. The van der Waals surface area contributed by atoms with E-state index < -0.39 is 6.04 Å². The molecule has 1 atom stereocenters. The molecule has 0 spiro atoms. The first-order chi connectivity index (χ1) is 10.6. The number of likely N-dealkylation sites (N-methyl/N-ethyl adjacent to an activating group) is 1. The van der Waals surface area contributed by atoms with E-state index in [9.17, 15) is 9.59 Å². The average molecular weight is 317 g/mol. The minimum absolute atomic E-state index is 0.000196. The Morgan fingerprint density at radius 3 is 2.77 bits per heavy atom. The van der Waals surface area contributed by atoms with Crippen LogP contribution in [0.3, 0.4) is 0 Å². The highest BCUT2D eigenvalue weighted by Gasteiger charge is 2.36. The van der Waals surface area contributed by atoms with Crippen LogP contribution in [0.15, 0.2) is 24.3 Å². The molecular weight excluding hydrogens is 298 g/mol. The minimum Gasteiger partial charge on any atom is -0.341 e. The molecule has 116 valence electrons. The van der Waals surface area contributed by atoms with E-state index in [1.54, 1.807) is 45.8 Å². The fourth-order valence-corrected chi connectivity index (χ4v) is 3.63. The number of carbonyl (C=O) groups excluding carboxylic acids is 2. The lowest BCUT2D eigenvalue weighted by Crippen LogP contribution is -2.48. The van der Waals surface area contributed by atoms with Crippen LogP contribution in [0.2, 0.25) is 0 Å². The Labute approximate surface area is 134 Å².